The highest BCUT2D eigenvalue weighted by molar-refractivity contribution is 5.89. The molecule has 1 saturated heterocycles. The van der Waals surface area contributed by atoms with E-state index in [2.05, 4.69) is 29.0 Å². The third kappa shape index (κ3) is 5.04. The van der Waals surface area contributed by atoms with Crippen molar-refractivity contribution in [2.45, 2.75) is 58.2 Å². The van der Waals surface area contributed by atoms with Gasteiger partial charge in [0.2, 0.25) is 11.8 Å². The molecule has 1 N–H and O–H groups in total. The van der Waals surface area contributed by atoms with Gasteiger partial charge in [0, 0.05) is 38.1 Å². The normalized spacial score (nSPS) is 20.9. The van der Waals surface area contributed by atoms with Gasteiger partial charge >= 0.3 is 0 Å². The number of amides is 2. The summed E-state index contributed by atoms with van der Waals surface area (Å²) in [5, 5.41) is 2.93. The zero-order chi connectivity index (χ0) is 18.5. The van der Waals surface area contributed by atoms with Crippen molar-refractivity contribution in [3.63, 3.8) is 0 Å². The van der Waals surface area contributed by atoms with E-state index in [1.807, 2.05) is 23.2 Å². The number of pyridine rings is 1. The number of piperazine rings is 1. The molecule has 0 unspecified atom stereocenters. The Hall–Kier alpha value is -1.95. The van der Waals surface area contributed by atoms with Gasteiger partial charge in [0.25, 0.3) is 0 Å². The Morgan fingerprint density at radius 1 is 1.42 bits per heavy atom. The lowest BCUT2D eigenvalue weighted by atomic mass is 10.0. The minimum absolute atomic E-state index is 0.00881. The lowest BCUT2D eigenvalue weighted by Gasteiger charge is -2.36. The van der Waals surface area contributed by atoms with Crippen molar-refractivity contribution in [2.75, 3.05) is 19.6 Å². The highest BCUT2D eigenvalue weighted by Crippen LogP contribution is 2.29. The summed E-state index contributed by atoms with van der Waals surface area (Å²) in [6.45, 7) is 7.32. The van der Waals surface area contributed by atoms with Crippen molar-refractivity contribution in [1.29, 1.82) is 0 Å². The molecule has 2 fully saturated rings. The summed E-state index contributed by atoms with van der Waals surface area (Å²) < 4.78 is 0. The summed E-state index contributed by atoms with van der Waals surface area (Å²) in [6.07, 6.45) is 6.97. The standard InChI is InChI=1S/C20H30N4O2/c1-15(2)7-10-23-11-9-22-20(26)18(23)12-19(25)24(17-5-6-17)14-16-4-3-8-21-13-16/h3-4,8,13,15,17-18H,5-7,9-12,14H2,1-2H3,(H,22,26)/t18-/m0/s1. The number of rotatable bonds is 8. The van der Waals surface area contributed by atoms with Gasteiger partial charge in [0.15, 0.2) is 0 Å². The van der Waals surface area contributed by atoms with Gasteiger partial charge in [-0.15, -0.1) is 0 Å². The molecule has 0 aromatic carbocycles. The van der Waals surface area contributed by atoms with Crippen LogP contribution in [0.1, 0.15) is 45.1 Å². The zero-order valence-corrected chi connectivity index (χ0v) is 15.9. The first-order valence-corrected chi connectivity index (χ1v) is 9.74. The molecular formula is C20H30N4O2. The Kier molecular flexibility index (Phi) is 6.25. The van der Waals surface area contributed by atoms with Crippen LogP contribution >= 0.6 is 0 Å². The second-order valence-electron chi connectivity index (χ2n) is 7.84. The predicted molar refractivity (Wildman–Crippen MR) is 100 cm³/mol. The van der Waals surface area contributed by atoms with Gasteiger partial charge in [-0.3, -0.25) is 19.5 Å². The highest BCUT2D eigenvalue weighted by atomic mass is 16.2. The van der Waals surface area contributed by atoms with Crippen LogP contribution in [0.25, 0.3) is 0 Å². The fourth-order valence-corrected chi connectivity index (χ4v) is 3.45. The maximum atomic E-state index is 13.0. The number of carbonyl (C=O) groups excluding carboxylic acids is 2. The Morgan fingerprint density at radius 2 is 2.23 bits per heavy atom. The highest BCUT2D eigenvalue weighted by Gasteiger charge is 2.37. The Labute approximate surface area is 156 Å². The molecular weight excluding hydrogens is 328 g/mol. The average Bonchev–Trinajstić information content (AvgIpc) is 3.46. The van der Waals surface area contributed by atoms with Gasteiger partial charge in [0.05, 0.1) is 12.5 Å². The lowest BCUT2D eigenvalue weighted by Crippen LogP contribution is -2.57. The van der Waals surface area contributed by atoms with Crippen LogP contribution in [0.5, 0.6) is 0 Å². The quantitative estimate of drug-likeness (QED) is 0.770. The fraction of sp³-hybridized carbons (Fsp3) is 0.650. The molecule has 0 radical (unpaired) electrons. The molecule has 2 heterocycles. The molecule has 0 bridgehead atoms. The number of hydrogen-bond donors (Lipinski definition) is 1. The van der Waals surface area contributed by atoms with Crippen LogP contribution in [-0.4, -0.2) is 58.3 Å². The SMILES string of the molecule is CC(C)CCN1CCNC(=O)[C@@H]1CC(=O)N(Cc1cccnc1)C1CC1. The first kappa shape index (κ1) is 18.8. The van der Waals surface area contributed by atoms with Gasteiger partial charge in [-0.1, -0.05) is 19.9 Å². The van der Waals surface area contributed by atoms with Gasteiger partial charge in [0.1, 0.15) is 0 Å². The Bertz CT molecular complexity index is 615. The summed E-state index contributed by atoms with van der Waals surface area (Å²) in [7, 11) is 0. The van der Waals surface area contributed by atoms with E-state index in [-0.39, 0.29) is 24.3 Å². The predicted octanol–water partition coefficient (Wildman–Crippen LogP) is 1.81. The molecule has 1 aromatic rings. The van der Waals surface area contributed by atoms with Gasteiger partial charge < -0.3 is 10.2 Å². The van der Waals surface area contributed by atoms with Crippen molar-refractivity contribution in [3.05, 3.63) is 30.1 Å². The Morgan fingerprint density at radius 3 is 2.88 bits per heavy atom. The molecule has 3 rings (SSSR count). The number of aromatic nitrogens is 1. The molecule has 2 amide bonds. The van der Waals surface area contributed by atoms with Crippen LogP contribution in [-0.2, 0) is 16.1 Å². The first-order chi connectivity index (χ1) is 12.5. The van der Waals surface area contributed by atoms with Crippen molar-refractivity contribution in [2.24, 2.45) is 5.92 Å². The molecule has 6 nitrogen and oxygen atoms in total. The van der Waals surface area contributed by atoms with Crippen molar-refractivity contribution in [1.82, 2.24) is 20.1 Å². The van der Waals surface area contributed by atoms with Gasteiger partial charge in [-0.2, -0.15) is 0 Å². The van der Waals surface area contributed by atoms with E-state index < -0.39 is 0 Å². The fourth-order valence-electron chi connectivity index (χ4n) is 3.45. The molecule has 1 aliphatic heterocycles. The molecule has 2 aliphatic rings. The van der Waals surface area contributed by atoms with E-state index in [9.17, 15) is 9.59 Å². The number of nitrogens with zero attached hydrogens (tertiary/aromatic N) is 3. The molecule has 26 heavy (non-hydrogen) atoms. The van der Waals surface area contributed by atoms with Gasteiger partial charge in [-0.05, 0) is 43.4 Å². The zero-order valence-electron chi connectivity index (χ0n) is 15.9. The van der Waals surface area contributed by atoms with E-state index >= 15 is 0 Å². The maximum absolute atomic E-state index is 13.0. The lowest BCUT2D eigenvalue weighted by molar-refractivity contribution is -0.139. The summed E-state index contributed by atoms with van der Waals surface area (Å²) in [4.78, 5) is 33.7. The van der Waals surface area contributed by atoms with E-state index in [1.54, 1.807) is 6.20 Å². The van der Waals surface area contributed by atoms with Crippen LogP contribution in [0.4, 0.5) is 0 Å². The van der Waals surface area contributed by atoms with E-state index in [0.29, 0.717) is 25.0 Å². The average molecular weight is 358 g/mol. The van der Waals surface area contributed by atoms with Crippen molar-refractivity contribution in [3.8, 4) is 0 Å². The summed E-state index contributed by atoms with van der Waals surface area (Å²) in [5.74, 6) is 0.656. The van der Waals surface area contributed by atoms with Crippen LogP contribution in [0.3, 0.4) is 0 Å². The maximum Gasteiger partial charge on any atom is 0.237 e. The third-order valence-corrected chi connectivity index (χ3v) is 5.19. The summed E-state index contributed by atoms with van der Waals surface area (Å²) in [6, 6.07) is 3.87. The number of hydrogen-bond acceptors (Lipinski definition) is 4. The van der Waals surface area contributed by atoms with E-state index in [0.717, 1.165) is 37.9 Å². The van der Waals surface area contributed by atoms with Crippen LogP contribution < -0.4 is 5.32 Å². The minimum atomic E-state index is -0.342. The second-order valence-corrected chi connectivity index (χ2v) is 7.84. The smallest absolute Gasteiger partial charge is 0.237 e. The summed E-state index contributed by atoms with van der Waals surface area (Å²) >= 11 is 0. The molecule has 1 aromatic heterocycles. The van der Waals surface area contributed by atoms with Crippen LogP contribution in [0, 0.1) is 5.92 Å². The van der Waals surface area contributed by atoms with Gasteiger partial charge in [-0.25, -0.2) is 0 Å². The van der Waals surface area contributed by atoms with Crippen LogP contribution in [0.15, 0.2) is 24.5 Å². The van der Waals surface area contributed by atoms with Crippen LogP contribution in [0.2, 0.25) is 0 Å². The molecule has 142 valence electrons. The van der Waals surface area contributed by atoms with E-state index in [1.165, 1.54) is 0 Å². The summed E-state index contributed by atoms with van der Waals surface area (Å²) in [5.41, 5.74) is 1.04. The second kappa shape index (κ2) is 8.62. The van der Waals surface area contributed by atoms with Crippen molar-refractivity contribution >= 4 is 11.8 Å². The monoisotopic (exact) mass is 358 g/mol. The molecule has 1 aliphatic carbocycles. The molecule has 0 spiro atoms. The molecule has 1 saturated carbocycles. The topological polar surface area (TPSA) is 65.5 Å². The minimum Gasteiger partial charge on any atom is -0.353 e. The van der Waals surface area contributed by atoms with E-state index in [4.69, 9.17) is 0 Å². The van der Waals surface area contributed by atoms with Crippen molar-refractivity contribution < 1.29 is 9.59 Å². The number of nitrogens with one attached hydrogen (secondary N) is 1. The molecule has 6 heteroatoms. The first-order valence-electron chi connectivity index (χ1n) is 9.74. The largest absolute Gasteiger partial charge is 0.353 e. The molecule has 1 atom stereocenters. The Balaban J connectivity index is 1.65. The third-order valence-electron chi connectivity index (χ3n) is 5.19. The number of carbonyl (C=O) groups is 2.